The zero-order chi connectivity index (χ0) is 17.2. The topological polar surface area (TPSA) is 72.1 Å². The molecule has 4 rings (SSSR count). The first kappa shape index (κ1) is 15.6. The molecule has 3 heterocycles. The van der Waals surface area contributed by atoms with Crippen LogP contribution in [0.1, 0.15) is 12.8 Å². The van der Waals surface area contributed by atoms with E-state index in [4.69, 9.17) is 10.7 Å². The summed E-state index contributed by atoms with van der Waals surface area (Å²) in [4.78, 5) is 23.1. The Morgan fingerprint density at radius 1 is 1.08 bits per heavy atom. The molecule has 126 valence electrons. The Morgan fingerprint density at radius 3 is 2.56 bits per heavy atom. The molecule has 2 N–H and O–H groups in total. The maximum Gasteiger partial charge on any atom is 0.220 e. The second-order valence-electron chi connectivity index (χ2n) is 6.43. The van der Waals surface area contributed by atoms with E-state index < -0.39 is 0 Å². The minimum Gasteiger partial charge on any atom is -0.370 e. The summed E-state index contributed by atoms with van der Waals surface area (Å²) in [6.45, 7) is 1.61. The number of nitrogens with zero attached hydrogens (tertiary/aromatic N) is 3. The van der Waals surface area contributed by atoms with Crippen LogP contribution < -0.4 is 10.6 Å². The number of aromatic nitrogens is 2. The van der Waals surface area contributed by atoms with Gasteiger partial charge >= 0.3 is 0 Å². The highest BCUT2D eigenvalue weighted by atomic mass is 16.1. The maximum absolute atomic E-state index is 11.4. The first-order valence-corrected chi connectivity index (χ1v) is 8.58. The number of rotatable bonds is 3. The van der Waals surface area contributed by atoms with E-state index >= 15 is 0 Å². The molecule has 25 heavy (non-hydrogen) atoms. The third-order valence-electron chi connectivity index (χ3n) is 4.85. The molecule has 0 unspecified atom stereocenters. The number of piperidine rings is 1. The Labute approximate surface area is 146 Å². The van der Waals surface area contributed by atoms with Gasteiger partial charge in [0.05, 0.1) is 16.9 Å². The van der Waals surface area contributed by atoms with Crippen molar-refractivity contribution in [2.24, 2.45) is 11.7 Å². The number of carbonyl (C=O) groups excluding carboxylic acids is 1. The van der Waals surface area contributed by atoms with Crippen molar-refractivity contribution in [1.29, 1.82) is 0 Å². The lowest BCUT2D eigenvalue weighted by molar-refractivity contribution is -0.122. The summed E-state index contributed by atoms with van der Waals surface area (Å²) in [6.07, 6.45) is 3.37. The maximum atomic E-state index is 11.4. The molecule has 3 aromatic rings. The number of carbonyl (C=O) groups is 1. The molecule has 1 aliphatic heterocycles. The number of fused-ring (bicyclic) bond motifs is 1. The van der Waals surface area contributed by atoms with Crippen molar-refractivity contribution in [3.05, 3.63) is 54.7 Å². The van der Waals surface area contributed by atoms with Crippen molar-refractivity contribution in [1.82, 2.24) is 9.97 Å². The van der Waals surface area contributed by atoms with Gasteiger partial charge in [-0.05, 0) is 31.0 Å². The van der Waals surface area contributed by atoms with E-state index in [1.54, 1.807) is 6.20 Å². The SMILES string of the molecule is NC(=O)C1CCN(c2cc(-c3ccccc3)nc3cccnc23)CC1. The predicted octanol–water partition coefficient (Wildman–Crippen LogP) is 3.00. The van der Waals surface area contributed by atoms with Crippen LogP contribution in [0.5, 0.6) is 0 Å². The fourth-order valence-corrected chi connectivity index (χ4v) is 3.45. The molecule has 0 aliphatic carbocycles. The minimum atomic E-state index is -0.192. The number of benzene rings is 1. The second-order valence-corrected chi connectivity index (χ2v) is 6.43. The highest BCUT2D eigenvalue weighted by Gasteiger charge is 2.25. The summed E-state index contributed by atoms with van der Waals surface area (Å²) in [6, 6.07) is 16.2. The zero-order valence-electron chi connectivity index (χ0n) is 13.9. The van der Waals surface area contributed by atoms with Crippen molar-refractivity contribution in [3.63, 3.8) is 0 Å². The fourth-order valence-electron chi connectivity index (χ4n) is 3.45. The summed E-state index contributed by atoms with van der Waals surface area (Å²) < 4.78 is 0. The third kappa shape index (κ3) is 3.05. The molecule has 0 atom stereocenters. The van der Waals surface area contributed by atoms with Gasteiger partial charge in [0.1, 0.15) is 5.52 Å². The molecule has 0 saturated carbocycles. The fraction of sp³-hybridized carbons (Fsp3) is 0.250. The van der Waals surface area contributed by atoms with E-state index in [1.165, 1.54) is 0 Å². The van der Waals surface area contributed by atoms with Crippen molar-refractivity contribution in [2.75, 3.05) is 18.0 Å². The number of hydrogen-bond acceptors (Lipinski definition) is 4. The molecule has 0 radical (unpaired) electrons. The van der Waals surface area contributed by atoms with Crippen LogP contribution in [0.15, 0.2) is 54.7 Å². The lowest BCUT2D eigenvalue weighted by Gasteiger charge is -2.33. The quantitative estimate of drug-likeness (QED) is 0.800. The lowest BCUT2D eigenvalue weighted by atomic mass is 9.95. The van der Waals surface area contributed by atoms with Crippen LogP contribution in [-0.4, -0.2) is 29.0 Å². The summed E-state index contributed by atoms with van der Waals surface area (Å²) in [5.74, 6) is -0.215. The van der Waals surface area contributed by atoms with Crippen molar-refractivity contribution in [2.45, 2.75) is 12.8 Å². The molecule has 1 saturated heterocycles. The number of nitrogens with two attached hydrogens (primary N) is 1. The van der Waals surface area contributed by atoms with Gasteiger partial charge in [0.15, 0.2) is 0 Å². The molecule has 1 fully saturated rings. The highest BCUT2D eigenvalue weighted by Crippen LogP contribution is 2.32. The van der Waals surface area contributed by atoms with Crippen LogP contribution in [0.3, 0.4) is 0 Å². The predicted molar refractivity (Wildman–Crippen MR) is 99.1 cm³/mol. The molecule has 5 heteroatoms. The Kier molecular flexibility index (Phi) is 4.06. The first-order chi connectivity index (χ1) is 12.2. The van der Waals surface area contributed by atoms with E-state index in [0.29, 0.717) is 0 Å². The Balaban J connectivity index is 1.76. The summed E-state index contributed by atoms with van der Waals surface area (Å²) in [5, 5.41) is 0. The van der Waals surface area contributed by atoms with Crippen LogP contribution in [0.4, 0.5) is 5.69 Å². The monoisotopic (exact) mass is 332 g/mol. The van der Waals surface area contributed by atoms with Crippen LogP contribution in [0, 0.1) is 5.92 Å². The lowest BCUT2D eigenvalue weighted by Crippen LogP contribution is -2.38. The standard InChI is InChI=1S/C20H20N4O/c21-20(25)15-8-11-24(12-9-15)18-13-17(14-5-2-1-3-6-14)23-16-7-4-10-22-19(16)18/h1-7,10,13,15H,8-9,11-12H2,(H2,21,25). The molecule has 2 aromatic heterocycles. The van der Waals surface area contributed by atoms with Gasteiger partial charge in [-0.3, -0.25) is 9.78 Å². The molecular weight excluding hydrogens is 312 g/mol. The minimum absolute atomic E-state index is 0.0223. The molecule has 1 aromatic carbocycles. The van der Waals surface area contributed by atoms with Gasteiger partial charge in [0, 0.05) is 30.8 Å². The van der Waals surface area contributed by atoms with E-state index in [-0.39, 0.29) is 11.8 Å². The van der Waals surface area contributed by atoms with E-state index in [2.05, 4.69) is 28.1 Å². The molecule has 0 spiro atoms. The van der Waals surface area contributed by atoms with Gasteiger partial charge in [-0.15, -0.1) is 0 Å². The zero-order valence-corrected chi connectivity index (χ0v) is 13.9. The van der Waals surface area contributed by atoms with Crippen LogP contribution in [-0.2, 0) is 4.79 Å². The average molecular weight is 332 g/mol. The highest BCUT2D eigenvalue weighted by molar-refractivity contribution is 5.91. The van der Waals surface area contributed by atoms with Gasteiger partial charge in [-0.25, -0.2) is 4.98 Å². The van der Waals surface area contributed by atoms with Crippen LogP contribution in [0.2, 0.25) is 0 Å². The molecule has 5 nitrogen and oxygen atoms in total. The van der Waals surface area contributed by atoms with Gasteiger partial charge in [0.25, 0.3) is 0 Å². The van der Waals surface area contributed by atoms with Crippen molar-refractivity contribution < 1.29 is 4.79 Å². The van der Waals surface area contributed by atoms with Crippen molar-refractivity contribution >= 4 is 22.6 Å². The summed E-state index contributed by atoms with van der Waals surface area (Å²) in [7, 11) is 0. The van der Waals surface area contributed by atoms with Gasteiger partial charge in [-0.1, -0.05) is 30.3 Å². The van der Waals surface area contributed by atoms with Crippen LogP contribution >= 0.6 is 0 Å². The van der Waals surface area contributed by atoms with Crippen LogP contribution in [0.25, 0.3) is 22.3 Å². The average Bonchev–Trinajstić information content (AvgIpc) is 2.68. The molecule has 1 aliphatic rings. The molecule has 1 amide bonds. The molecule has 0 bridgehead atoms. The Hall–Kier alpha value is -2.95. The first-order valence-electron chi connectivity index (χ1n) is 8.58. The van der Waals surface area contributed by atoms with E-state index in [9.17, 15) is 4.79 Å². The Morgan fingerprint density at radius 2 is 1.84 bits per heavy atom. The molecular formula is C20H20N4O. The number of anilines is 1. The van der Waals surface area contributed by atoms with Gasteiger partial charge < -0.3 is 10.6 Å². The summed E-state index contributed by atoms with van der Waals surface area (Å²) >= 11 is 0. The summed E-state index contributed by atoms with van der Waals surface area (Å²) in [5.41, 5.74) is 10.3. The van der Waals surface area contributed by atoms with E-state index in [1.807, 2.05) is 30.3 Å². The number of hydrogen-bond donors (Lipinski definition) is 1. The largest absolute Gasteiger partial charge is 0.370 e. The number of amides is 1. The smallest absolute Gasteiger partial charge is 0.220 e. The second kappa shape index (κ2) is 6.51. The Bertz CT molecular complexity index is 902. The van der Waals surface area contributed by atoms with Gasteiger partial charge in [-0.2, -0.15) is 0 Å². The number of pyridine rings is 2. The third-order valence-corrected chi connectivity index (χ3v) is 4.85. The normalized spacial score (nSPS) is 15.4. The number of primary amides is 1. The van der Waals surface area contributed by atoms with Gasteiger partial charge in [0.2, 0.25) is 5.91 Å². The van der Waals surface area contributed by atoms with E-state index in [0.717, 1.165) is 53.9 Å². The van der Waals surface area contributed by atoms with Crippen molar-refractivity contribution in [3.8, 4) is 11.3 Å².